The molecule has 0 radical (unpaired) electrons. The number of amides is 1. The van der Waals surface area contributed by atoms with Crippen LogP contribution in [0.2, 0.25) is 0 Å². The van der Waals surface area contributed by atoms with Crippen molar-refractivity contribution < 1.29 is 19.4 Å². The van der Waals surface area contributed by atoms with Crippen LogP contribution in [0, 0.1) is 17.8 Å². The molecular formula is C14H25NO4. The second kappa shape index (κ2) is 8.15. The molecule has 3 unspecified atom stereocenters. The van der Waals surface area contributed by atoms with E-state index in [1.807, 2.05) is 13.8 Å². The molecule has 1 rings (SSSR count). The van der Waals surface area contributed by atoms with Crippen LogP contribution in [0.5, 0.6) is 0 Å². The van der Waals surface area contributed by atoms with Crippen LogP contribution in [0.25, 0.3) is 0 Å². The number of carbonyl (C=O) groups excluding carboxylic acids is 1. The van der Waals surface area contributed by atoms with Crippen LogP contribution in [0.15, 0.2) is 0 Å². The number of carboxylic acids is 1. The van der Waals surface area contributed by atoms with Gasteiger partial charge in [-0.1, -0.05) is 13.3 Å². The minimum absolute atomic E-state index is 0.111. The third-order valence-corrected chi connectivity index (χ3v) is 3.86. The van der Waals surface area contributed by atoms with Gasteiger partial charge in [0.25, 0.3) is 0 Å². The minimum atomic E-state index is -0.842. The molecule has 0 aromatic carbocycles. The van der Waals surface area contributed by atoms with Crippen LogP contribution in [0.1, 0.15) is 39.5 Å². The number of ether oxygens (including phenoxy) is 1. The summed E-state index contributed by atoms with van der Waals surface area (Å²) in [7, 11) is 0. The summed E-state index contributed by atoms with van der Waals surface area (Å²) < 4.78 is 5.19. The van der Waals surface area contributed by atoms with E-state index in [0.717, 1.165) is 12.8 Å². The first-order valence-corrected chi connectivity index (χ1v) is 7.18. The van der Waals surface area contributed by atoms with E-state index in [1.54, 1.807) is 0 Å². The second-order valence-corrected chi connectivity index (χ2v) is 5.14. The topological polar surface area (TPSA) is 75.6 Å². The molecule has 0 saturated heterocycles. The molecule has 0 heterocycles. The third kappa shape index (κ3) is 4.82. The Hall–Kier alpha value is -1.10. The van der Waals surface area contributed by atoms with Gasteiger partial charge >= 0.3 is 5.97 Å². The second-order valence-electron chi connectivity index (χ2n) is 5.14. The minimum Gasteiger partial charge on any atom is -0.481 e. The molecule has 1 fully saturated rings. The number of nitrogens with one attached hydrogen (secondary N) is 1. The molecule has 0 aliphatic heterocycles. The fraction of sp³-hybridized carbons (Fsp3) is 0.857. The SMILES string of the molecule is CCOCCCNC(=O)C1CC(CC)CC1C(=O)O. The van der Waals surface area contributed by atoms with Gasteiger partial charge in [0.2, 0.25) is 5.91 Å². The van der Waals surface area contributed by atoms with E-state index in [4.69, 9.17) is 4.74 Å². The summed E-state index contributed by atoms with van der Waals surface area (Å²) in [5.41, 5.74) is 0. The van der Waals surface area contributed by atoms with Crippen LogP contribution < -0.4 is 5.32 Å². The first kappa shape index (κ1) is 16.0. The lowest BCUT2D eigenvalue weighted by atomic mass is 9.95. The number of carbonyl (C=O) groups is 2. The summed E-state index contributed by atoms with van der Waals surface area (Å²) in [6.45, 7) is 5.83. The fourth-order valence-electron chi connectivity index (χ4n) is 2.70. The molecule has 5 nitrogen and oxygen atoms in total. The highest BCUT2D eigenvalue weighted by molar-refractivity contribution is 5.85. The van der Waals surface area contributed by atoms with Crippen molar-refractivity contribution in [3.05, 3.63) is 0 Å². The lowest BCUT2D eigenvalue weighted by Crippen LogP contribution is -2.36. The Morgan fingerprint density at radius 2 is 1.95 bits per heavy atom. The van der Waals surface area contributed by atoms with Gasteiger partial charge in [-0.25, -0.2) is 0 Å². The largest absolute Gasteiger partial charge is 0.481 e. The van der Waals surface area contributed by atoms with Crippen LogP contribution in [-0.2, 0) is 14.3 Å². The van der Waals surface area contributed by atoms with Crippen LogP contribution >= 0.6 is 0 Å². The van der Waals surface area contributed by atoms with Gasteiger partial charge in [-0.05, 0) is 32.1 Å². The number of aliphatic carboxylic acids is 1. The van der Waals surface area contributed by atoms with Gasteiger partial charge < -0.3 is 15.2 Å². The predicted octanol–water partition coefficient (Wildman–Crippen LogP) is 1.67. The van der Waals surface area contributed by atoms with E-state index in [0.29, 0.717) is 38.5 Å². The van der Waals surface area contributed by atoms with Gasteiger partial charge in [-0.3, -0.25) is 9.59 Å². The standard InChI is InChI=1S/C14H25NO4/c1-3-10-8-11(12(9-10)14(17)18)13(16)15-6-5-7-19-4-2/h10-12H,3-9H2,1-2H3,(H,15,16)(H,17,18). The van der Waals surface area contributed by atoms with Gasteiger partial charge in [0.05, 0.1) is 11.8 Å². The Morgan fingerprint density at radius 1 is 1.26 bits per heavy atom. The highest BCUT2D eigenvalue weighted by Crippen LogP contribution is 2.38. The monoisotopic (exact) mass is 271 g/mol. The van der Waals surface area contributed by atoms with Crippen molar-refractivity contribution >= 4 is 11.9 Å². The van der Waals surface area contributed by atoms with Gasteiger partial charge in [0.15, 0.2) is 0 Å². The highest BCUT2D eigenvalue weighted by Gasteiger charge is 2.41. The molecular weight excluding hydrogens is 246 g/mol. The van der Waals surface area contributed by atoms with E-state index in [9.17, 15) is 14.7 Å². The van der Waals surface area contributed by atoms with E-state index in [1.165, 1.54) is 0 Å². The molecule has 0 bridgehead atoms. The lowest BCUT2D eigenvalue weighted by molar-refractivity contribution is -0.146. The van der Waals surface area contributed by atoms with Crippen molar-refractivity contribution in [2.45, 2.75) is 39.5 Å². The van der Waals surface area contributed by atoms with Crippen LogP contribution in [0.3, 0.4) is 0 Å². The number of carboxylic acid groups (broad SMARTS) is 1. The number of hydrogen-bond acceptors (Lipinski definition) is 3. The zero-order valence-electron chi connectivity index (χ0n) is 11.9. The average molecular weight is 271 g/mol. The molecule has 1 amide bonds. The molecule has 1 aliphatic carbocycles. The van der Waals surface area contributed by atoms with Crippen molar-refractivity contribution in [2.24, 2.45) is 17.8 Å². The van der Waals surface area contributed by atoms with Gasteiger partial charge in [0.1, 0.15) is 0 Å². The summed E-state index contributed by atoms with van der Waals surface area (Å²) in [4.78, 5) is 23.2. The summed E-state index contributed by atoms with van der Waals surface area (Å²) >= 11 is 0. The maximum absolute atomic E-state index is 12.0. The van der Waals surface area contributed by atoms with Crippen molar-refractivity contribution in [1.82, 2.24) is 5.32 Å². The van der Waals surface area contributed by atoms with Crippen molar-refractivity contribution in [3.63, 3.8) is 0 Å². The Bertz CT molecular complexity index is 306. The zero-order chi connectivity index (χ0) is 14.3. The number of rotatable bonds is 8. The van der Waals surface area contributed by atoms with Crippen molar-refractivity contribution in [2.75, 3.05) is 19.8 Å². The quantitative estimate of drug-likeness (QED) is 0.658. The highest BCUT2D eigenvalue weighted by atomic mass is 16.5. The Balaban J connectivity index is 2.39. The lowest BCUT2D eigenvalue weighted by Gasteiger charge is -2.15. The Labute approximate surface area is 114 Å². The third-order valence-electron chi connectivity index (χ3n) is 3.86. The molecule has 0 spiro atoms. The van der Waals surface area contributed by atoms with Crippen molar-refractivity contribution in [1.29, 1.82) is 0 Å². The summed E-state index contributed by atoms with van der Waals surface area (Å²) in [5, 5.41) is 12.0. The summed E-state index contributed by atoms with van der Waals surface area (Å²) in [6.07, 6.45) is 3.03. The first-order valence-electron chi connectivity index (χ1n) is 7.18. The fourth-order valence-corrected chi connectivity index (χ4v) is 2.70. The van der Waals surface area contributed by atoms with Crippen LogP contribution in [0.4, 0.5) is 0 Å². The van der Waals surface area contributed by atoms with Gasteiger partial charge in [0, 0.05) is 19.8 Å². The van der Waals surface area contributed by atoms with Crippen molar-refractivity contribution in [3.8, 4) is 0 Å². The molecule has 2 N–H and O–H groups in total. The molecule has 1 aliphatic rings. The number of hydrogen-bond donors (Lipinski definition) is 2. The smallest absolute Gasteiger partial charge is 0.307 e. The summed E-state index contributed by atoms with van der Waals surface area (Å²) in [5.74, 6) is -1.48. The average Bonchev–Trinajstić information content (AvgIpc) is 2.82. The normalized spacial score (nSPS) is 26.3. The molecule has 3 atom stereocenters. The Morgan fingerprint density at radius 3 is 2.53 bits per heavy atom. The maximum atomic E-state index is 12.0. The maximum Gasteiger partial charge on any atom is 0.307 e. The molecule has 5 heteroatoms. The molecule has 110 valence electrons. The molecule has 19 heavy (non-hydrogen) atoms. The van der Waals surface area contributed by atoms with E-state index < -0.39 is 11.9 Å². The van der Waals surface area contributed by atoms with Crippen LogP contribution in [-0.4, -0.2) is 36.7 Å². The molecule has 1 saturated carbocycles. The van der Waals surface area contributed by atoms with E-state index in [-0.39, 0.29) is 11.8 Å². The summed E-state index contributed by atoms with van der Waals surface area (Å²) in [6, 6.07) is 0. The van der Waals surface area contributed by atoms with E-state index >= 15 is 0 Å². The molecule has 0 aromatic heterocycles. The van der Waals surface area contributed by atoms with Gasteiger partial charge in [-0.15, -0.1) is 0 Å². The predicted molar refractivity (Wildman–Crippen MR) is 71.8 cm³/mol. The zero-order valence-corrected chi connectivity index (χ0v) is 11.9. The Kier molecular flexibility index (Phi) is 6.84. The van der Waals surface area contributed by atoms with Gasteiger partial charge in [-0.2, -0.15) is 0 Å². The van der Waals surface area contributed by atoms with E-state index in [2.05, 4.69) is 5.32 Å². The molecule has 0 aromatic rings. The first-order chi connectivity index (χ1) is 9.10.